The van der Waals surface area contributed by atoms with Crippen LogP contribution >= 0.6 is 11.6 Å². The van der Waals surface area contributed by atoms with Crippen LogP contribution in [-0.2, 0) is 6.54 Å². The summed E-state index contributed by atoms with van der Waals surface area (Å²) in [5, 5.41) is 2.84. The van der Waals surface area contributed by atoms with Gasteiger partial charge in [-0.1, -0.05) is 24.6 Å². The van der Waals surface area contributed by atoms with Crippen LogP contribution in [0.4, 0.5) is 10.2 Å². The zero-order chi connectivity index (χ0) is 29.8. The number of pyridine rings is 3. The van der Waals surface area contributed by atoms with Crippen molar-refractivity contribution in [1.82, 2.24) is 19.9 Å². The summed E-state index contributed by atoms with van der Waals surface area (Å²) in [4.78, 5) is 15.5. The molecule has 0 unspecified atom stereocenters. The zero-order valence-electron chi connectivity index (χ0n) is 23.6. The second kappa shape index (κ2) is 12.7. The van der Waals surface area contributed by atoms with Crippen LogP contribution in [0.2, 0.25) is 5.02 Å². The first-order valence-electron chi connectivity index (χ1n) is 13.4. The van der Waals surface area contributed by atoms with E-state index < -0.39 is 0 Å². The summed E-state index contributed by atoms with van der Waals surface area (Å²) in [6.07, 6.45) is 5.02. The Hall–Kier alpha value is -4.25. The fourth-order valence-corrected chi connectivity index (χ4v) is 5.07. The monoisotopic (exact) mass is 590 g/mol. The number of benzene rings is 2. The van der Waals surface area contributed by atoms with Gasteiger partial charge in [0.1, 0.15) is 24.0 Å². The predicted octanol–water partition coefficient (Wildman–Crippen LogP) is 5.47. The fraction of sp³-hybridized carbons (Fsp3) is 0.258. The van der Waals surface area contributed by atoms with Gasteiger partial charge in [-0.3, -0.25) is 14.9 Å². The molecule has 218 valence electrons. The van der Waals surface area contributed by atoms with Gasteiger partial charge < -0.3 is 25.7 Å². The lowest BCUT2D eigenvalue weighted by Gasteiger charge is -2.25. The summed E-state index contributed by atoms with van der Waals surface area (Å²) in [5.74, 6) is 1.72. The molecule has 11 heteroatoms. The Kier molecular flexibility index (Phi) is 8.86. The smallest absolute Gasteiger partial charge is 0.162 e. The number of likely N-dealkylation sites (N-methyl/N-ethyl adjacent to an activating group) is 1. The number of fused-ring (bicyclic) bond motifs is 3. The SMILES string of the molecule is CCN(Cc1c(F)cccc1Cl)C[C@H](N)COc1cncc(-c2cc3c(cnc4cc(OC)c(OC)cc43)c(N)n2)c1. The van der Waals surface area contributed by atoms with E-state index >= 15 is 0 Å². The van der Waals surface area contributed by atoms with Crippen LogP contribution < -0.4 is 25.7 Å². The maximum atomic E-state index is 14.3. The molecule has 0 aliphatic heterocycles. The van der Waals surface area contributed by atoms with Crippen molar-refractivity contribution in [3.63, 3.8) is 0 Å². The highest BCUT2D eigenvalue weighted by Crippen LogP contribution is 2.37. The van der Waals surface area contributed by atoms with Gasteiger partial charge in [0.25, 0.3) is 0 Å². The van der Waals surface area contributed by atoms with Gasteiger partial charge in [-0.15, -0.1) is 0 Å². The molecule has 5 rings (SSSR count). The van der Waals surface area contributed by atoms with Crippen LogP contribution in [0.25, 0.3) is 32.9 Å². The summed E-state index contributed by atoms with van der Waals surface area (Å²) in [7, 11) is 3.17. The number of aromatic nitrogens is 3. The molecule has 42 heavy (non-hydrogen) atoms. The topological polar surface area (TPSA) is 122 Å². The molecule has 9 nitrogen and oxygen atoms in total. The van der Waals surface area contributed by atoms with Gasteiger partial charge in [-0.25, -0.2) is 9.37 Å². The summed E-state index contributed by atoms with van der Waals surface area (Å²) in [6, 6.07) is 11.8. The first kappa shape index (κ1) is 29.2. The lowest BCUT2D eigenvalue weighted by molar-refractivity contribution is 0.211. The number of nitrogens with zero attached hydrogens (tertiary/aromatic N) is 4. The van der Waals surface area contributed by atoms with E-state index in [1.807, 2.05) is 36.1 Å². The fourth-order valence-electron chi connectivity index (χ4n) is 4.84. The highest BCUT2D eigenvalue weighted by Gasteiger charge is 2.16. The Bertz CT molecular complexity index is 1720. The number of rotatable bonds is 11. The van der Waals surface area contributed by atoms with Crippen molar-refractivity contribution in [2.45, 2.75) is 19.5 Å². The number of nitrogens with two attached hydrogens (primary N) is 2. The van der Waals surface area contributed by atoms with Crippen molar-refractivity contribution < 1.29 is 18.6 Å². The van der Waals surface area contributed by atoms with Crippen molar-refractivity contribution in [3.05, 3.63) is 77.5 Å². The Morgan fingerprint density at radius 3 is 2.52 bits per heavy atom. The van der Waals surface area contributed by atoms with E-state index in [-0.39, 0.29) is 18.5 Å². The van der Waals surface area contributed by atoms with Crippen LogP contribution in [0.3, 0.4) is 0 Å². The number of nitrogen functional groups attached to an aromatic ring is 1. The van der Waals surface area contributed by atoms with Crippen LogP contribution in [-0.4, -0.2) is 59.8 Å². The van der Waals surface area contributed by atoms with Crippen LogP contribution in [0, 0.1) is 5.82 Å². The average Bonchev–Trinajstić information content (AvgIpc) is 3.00. The second-order valence-electron chi connectivity index (χ2n) is 9.84. The molecule has 1 atom stereocenters. The molecule has 0 fully saturated rings. The summed E-state index contributed by atoms with van der Waals surface area (Å²) in [5.41, 5.74) is 15.3. The molecule has 2 aromatic carbocycles. The Morgan fingerprint density at radius 2 is 1.79 bits per heavy atom. The minimum Gasteiger partial charge on any atom is -0.493 e. The van der Waals surface area contributed by atoms with E-state index in [4.69, 9.17) is 37.3 Å². The summed E-state index contributed by atoms with van der Waals surface area (Å²) >= 11 is 6.21. The first-order valence-corrected chi connectivity index (χ1v) is 13.8. The molecule has 3 heterocycles. The first-order chi connectivity index (χ1) is 20.3. The number of methoxy groups -OCH3 is 2. The molecule has 0 amide bonds. The molecule has 0 aliphatic rings. The van der Waals surface area contributed by atoms with Gasteiger partial charge in [-0.05, 0) is 42.3 Å². The Morgan fingerprint density at radius 1 is 1.00 bits per heavy atom. The lowest BCUT2D eigenvalue weighted by atomic mass is 10.0. The van der Waals surface area contributed by atoms with Gasteiger partial charge in [0.05, 0.1) is 37.7 Å². The van der Waals surface area contributed by atoms with Crippen molar-refractivity contribution in [2.24, 2.45) is 5.73 Å². The maximum Gasteiger partial charge on any atom is 0.162 e. The van der Waals surface area contributed by atoms with Crippen molar-refractivity contribution in [3.8, 4) is 28.5 Å². The number of ether oxygens (including phenoxy) is 3. The average molecular weight is 591 g/mol. The molecule has 3 aromatic heterocycles. The number of hydrogen-bond acceptors (Lipinski definition) is 9. The molecule has 0 radical (unpaired) electrons. The highest BCUT2D eigenvalue weighted by molar-refractivity contribution is 6.31. The Balaban J connectivity index is 1.35. The number of halogens is 2. The van der Waals surface area contributed by atoms with Gasteiger partial charge in [0.15, 0.2) is 11.5 Å². The molecule has 5 aromatic rings. The van der Waals surface area contributed by atoms with Crippen LogP contribution in [0.5, 0.6) is 17.2 Å². The van der Waals surface area contributed by atoms with E-state index in [0.29, 0.717) is 59.0 Å². The molecule has 0 aliphatic carbocycles. The van der Waals surface area contributed by atoms with E-state index in [1.165, 1.54) is 6.07 Å². The number of anilines is 1. The lowest BCUT2D eigenvalue weighted by Crippen LogP contribution is -2.41. The molecular weight excluding hydrogens is 559 g/mol. The normalized spacial score (nSPS) is 12.2. The molecular formula is C31H32ClFN6O3. The van der Waals surface area contributed by atoms with Crippen molar-refractivity contribution >= 4 is 39.1 Å². The third-order valence-corrected chi connectivity index (χ3v) is 7.42. The molecule has 0 bridgehead atoms. The largest absolute Gasteiger partial charge is 0.493 e. The molecule has 4 N–H and O–H groups in total. The Labute approximate surface area is 248 Å². The van der Waals surface area contributed by atoms with Gasteiger partial charge in [0.2, 0.25) is 0 Å². The summed E-state index contributed by atoms with van der Waals surface area (Å²) in [6.45, 7) is 3.74. The van der Waals surface area contributed by atoms with Crippen molar-refractivity contribution in [2.75, 3.05) is 39.6 Å². The third kappa shape index (κ3) is 6.15. The minimum absolute atomic E-state index is 0.234. The van der Waals surface area contributed by atoms with Crippen molar-refractivity contribution in [1.29, 1.82) is 0 Å². The van der Waals surface area contributed by atoms with E-state index in [1.54, 1.807) is 44.9 Å². The van der Waals surface area contributed by atoms with Gasteiger partial charge >= 0.3 is 0 Å². The predicted molar refractivity (Wildman–Crippen MR) is 164 cm³/mol. The van der Waals surface area contributed by atoms with Gasteiger partial charge in [-0.2, -0.15) is 0 Å². The van der Waals surface area contributed by atoms with Crippen LogP contribution in [0.15, 0.2) is 61.1 Å². The zero-order valence-corrected chi connectivity index (χ0v) is 24.4. The standard InChI is InChI=1S/C31H32ClFN6O3/c1-4-39(16-24-25(32)6-5-7-26(24)33)15-19(34)17-42-20-8-18(12-36-13-20)27-9-21-22-10-29(40-2)30(41-3)11-28(22)37-14-23(21)31(35)38-27/h5-14,19H,4,15-17,34H2,1-3H3,(H2,35,38)/t19-/m0/s1. The molecule has 0 spiro atoms. The maximum absolute atomic E-state index is 14.3. The van der Waals surface area contributed by atoms with E-state index in [0.717, 1.165) is 27.2 Å². The number of hydrogen-bond donors (Lipinski definition) is 2. The second-order valence-corrected chi connectivity index (χ2v) is 10.3. The quantitative estimate of drug-likeness (QED) is 0.193. The summed E-state index contributed by atoms with van der Waals surface area (Å²) < 4.78 is 31.2. The van der Waals surface area contributed by atoms with Crippen LogP contribution in [0.1, 0.15) is 12.5 Å². The molecule has 0 saturated heterocycles. The molecule has 0 saturated carbocycles. The van der Waals surface area contributed by atoms with E-state index in [2.05, 4.69) is 15.0 Å². The third-order valence-electron chi connectivity index (χ3n) is 7.07. The van der Waals surface area contributed by atoms with Gasteiger partial charge in [0, 0.05) is 58.5 Å². The minimum atomic E-state index is -0.334. The van der Waals surface area contributed by atoms with E-state index in [9.17, 15) is 4.39 Å². The highest BCUT2D eigenvalue weighted by atomic mass is 35.5.